The molecule has 48 valence electrons. The van der Waals surface area contributed by atoms with Crippen LogP contribution in [0.4, 0.5) is 8.78 Å². The molecule has 8 heavy (non-hydrogen) atoms. The van der Waals surface area contributed by atoms with Crippen LogP contribution in [0.3, 0.4) is 0 Å². The predicted octanol–water partition coefficient (Wildman–Crippen LogP) is 0.944. The van der Waals surface area contributed by atoms with Crippen LogP contribution in [0.2, 0.25) is 0 Å². The monoisotopic (exact) mass is 144 g/mol. The summed E-state index contributed by atoms with van der Waals surface area (Å²) in [4.78, 5) is 9.53. The van der Waals surface area contributed by atoms with Crippen molar-refractivity contribution in [2.75, 3.05) is 0 Å². The zero-order valence-electron chi connectivity index (χ0n) is 3.64. The van der Waals surface area contributed by atoms with Crippen LogP contribution in [0.5, 0.6) is 0 Å². The van der Waals surface area contributed by atoms with Gasteiger partial charge in [-0.1, -0.05) is 0 Å². The van der Waals surface area contributed by atoms with Gasteiger partial charge in [-0.05, 0) is 0 Å². The second-order valence-electron chi connectivity index (χ2n) is 1.07. The molecule has 0 saturated heterocycles. The number of alkyl halides is 3. The van der Waals surface area contributed by atoms with Gasteiger partial charge in [-0.25, -0.2) is 8.78 Å². The van der Waals surface area contributed by atoms with Gasteiger partial charge in [-0.15, -0.1) is 11.6 Å². The summed E-state index contributed by atoms with van der Waals surface area (Å²) in [7, 11) is 0. The summed E-state index contributed by atoms with van der Waals surface area (Å²) in [5.41, 5.74) is 0. The Hall–Kier alpha value is -0.380. The van der Waals surface area contributed by atoms with Crippen LogP contribution >= 0.6 is 11.6 Å². The van der Waals surface area contributed by atoms with Crippen LogP contribution in [-0.4, -0.2) is 22.9 Å². The summed E-state index contributed by atoms with van der Waals surface area (Å²) >= 11 is 4.60. The van der Waals surface area contributed by atoms with E-state index in [1.807, 2.05) is 0 Å². The molecular formula is C3H3ClF2O2. The molecule has 0 rings (SSSR count). The average Bonchev–Trinajstić information content (AvgIpc) is 1.64. The summed E-state index contributed by atoms with van der Waals surface area (Å²) in [6, 6.07) is 0. The maximum atomic E-state index is 11.2. The quantitative estimate of drug-likeness (QED) is 0.586. The fourth-order valence-electron chi connectivity index (χ4n) is 0.108. The standard InChI is InChI=1S/C3H3ClF2O2/c4-1(2(5)6)3(7)8/h1-2H,(H,7,8). The first-order valence-electron chi connectivity index (χ1n) is 1.70. The molecule has 0 aliphatic carbocycles. The number of carbonyl (C=O) groups is 1. The van der Waals surface area contributed by atoms with E-state index in [-0.39, 0.29) is 0 Å². The van der Waals surface area contributed by atoms with Crippen LogP contribution in [0.25, 0.3) is 0 Å². The summed E-state index contributed by atoms with van der Waals surface area (Å²) in [5.74, 6) is -1.69. The number of rotatable bonds is 2. The lowest BCUT2D eigenvalue weighted by Gasteiger charge is -1.98. The minimum absolute atomic E-state index is 1.69. The van der Waals surface area contributed by atoms with Gasteiger partial charge in [0.15, 0.2) is 5.38 Å². The first-order chi connectivity index (χ1) is 3.55. The fourth-order valence-corrected chi connectivity index (χ4v) is 0.108. The molecule has 1 unspecified atom stereocenters. The Morgan fingerprint density at radius 3 is 2.00 bits per heavy atom. The molecule has 5 heteroatoms. The highest BCUT2D eigenvalue weighted by atomic mass is 35.5. The molecular weight excluding hydrogens is 141 g/mol. The molecule has 0 aromatic heterocycles. The molecule has 0 aliphatic rings. The third kappa shape index (κ3) is 2.07. The Labute approximate surface area is 49.1 Å². The van der Waals surface area contributed by atoms with E-state index in [1.165, 1.54) is 0 Å². The first-order valence-corrected chi connectivity index (χ1v) is 2.14. The third-order valence-corrected chi connectivity index (χ3v) is 0.834. The third-order valence-electron chi connectivity index (χ3n) is 0.457. The Bertz CT molecular complexity index is 95.3. The number of aliphatic carboxylic acids is 1. The SMILES string of the molecule is O=C(O)C(Cl)C(F)F. The van der Waals surface area contributed by atoms with Crippen molar-refractivity contribution in [2.45, 2.75) is 11.8 Å². The maximum absolute atomic E-state index is 11.2. The summed E-state index contributed by atoms with van der Waals surface area (Å²) in [6.07, 6.45) is -2.99. The van der Waals surface area contributed by atoms with E-state index in [0.717, 1.165) is 0 Å². The number of hydrogen-bond donors (Lipinski definition) is 1. The molecule has 0 fully saturated rings. The average molecular weight is 145 g/mol. The van der Waals surface area contributed by atoms with Gasteiger partial charge in [-0.3, -0.25) is 4.79 Å². The first kappa shape index (κ1) is 7.62. The molecule has 1 N–H and O–H groups in total. The van der Waals surface area contributed by atoms with Crippen LogP contribution in [0.15, 0.2) is 0 Å². The Morgan fingerprint density at radius 1 is 1.62 bits per heavy atom. The van der Waals surface area contributed by atoms with Crippen molar-refractivity contribution in [1.82, 2.24) is 0 Å². The number of halogens is 3. The summed E-state index contributed by atoms with van der Waals surface area (Å²) < 4.78 is 22.3. The number of carboxylic acids is 1. The maximum Gasteiger partial charge on any atom is 0.327 e. The normalized spacial score (nSPS) is 14.0. The van der Waals surface area contributed by atoms with E-state index in [0.29, 0.717) is 0 Å². The molecule has 0 aromatic carbocycles. The highest BCUT2D eigenvalue weighted by Gasteiger charge is 2.24. The molecule has 0 aliphatic heterocycles. The smallest absolute Gasteiger partial charge is 0.327 e. The lowest BCUT2D eigenvalue weighted by atomic mass is 10.4. The highest BCUT2D eigenvalue weighted by molar-refractivity contribution is 6.29. The van der Waals surface area contributed by atoms with Crippen LogP contribution in [0, 0.1) is 0 Å². The van der Waals surface area contributed by atoms with Gasteiger partial charge in [0, 0.05) is 0 Å². The summed E-state index contributed by atoms with van der Waals surface area (Å²) in [5, 5.41) is 5.67. The van der Waals surface area contributed by atoms with Crippen molar-refractivity contribution < 1.29 is 18.7 Å². The molecule has 0 aromatic rings. The van der Waals surface area contributed by atoms with Gasteiger partial charge in [0.1, 0.15) is 0 Å². The van der Waals surface area contributed by atoms with Crippen LogP contribution in [0.1, 0.15) is 0 Å². The van der Waals surface area contributed by atoms with Gasteiger partial charge in [0.25, 0.3) is 6.43 Å². The van der Waals surface area contributed by atoms with Gasteiger partial charge in [-0.2, -0.15) is 0 Å². The Balaban J connectivity index is 3.64. The second kappa shape index (κ2) is 2.81. The van der Waals surface area contributed by atoms with Crippen LogP contribution < -0.4 is 0 Å². The van der Waals surface area contributed by atoms with Gasteiger partial charge in [0.05, 0.1) is 0 Å². The Morgan fingerprint density at radius 2 is 2.00 bits per heavy atom. The van der Waals surface area contributed by atoms with Crippen LogP contribution in [-0.2, 0) is 4.79 Å². The van der Waals surface area contributed by atoms with E-state index < -0.39 is 17.8 Å². The molecule has 2 nitrogen and oxygen atoms in total. The minimum atomic E-state index is -2.99. The van der Waals surface area contributed by atoms with E-state index in [1.54, 1.807) is 0 Å². The molecule has 0 bridgehead atoms. The van der Waals surface area contributed by atoms with Crippen molar-refractivity contribution in [3.05, 3.63) is 0 Å². The van der Waals surface area contributed by atoms with E-state index in [9.17, 15) is 13.6 Å². The van der Waals surface area contributed by atoms with Gasteiger partial charge in [0.2, 0.25) is 0 Å². The molecule has 0 amide bonds. The zero-order chi connectivity index (χ0) is 6.73. The van der Waals surface area contributed by atoms with Gasteiger partial charge < -0.3 is 5.11 Å². The van der Waals surface area contributed by atoms with Crippen molar-refractivity contribution in [1.29, 1.82) is 0 Å². The summed E-state index contributed by atoms with van der Waals surface area (Å²) in [6.45, 7) is 0. The second-order valence-corrected chi connectivity index (χ2v) is 1.54. The predicted molar refractivity (Wildman–Crippen MR) is 23.3 cm³/mol. The van der Waals surface area contributed by atoms with E-state index >= 15 is 0 Å². The van der Waals surface area contributed by atoms with Crippen molar-refractivity contribution in [3.63, 3.8) is 0 Å². The topological polar surface area (TPSA) is 37.3 Å². The largest absolute Gasteiger partial charge is 0.480 e. The fraction of sp³-hybridized carbons (Fsp3) is 0.667. The highest BCUT2D eigenvalue weighted by Crippen LogP contribution is 2.07. The molecule has 0 radical (unpaired) electrons. The Kier molecular flexibility index (Phi) is 2.68. The molecule has 0 heterocycles. The number of carboxylic acid groups (broad SMARTS) is 1. The zero-order valence-corrected chi connectivity index (χ0v) is 4.40. The lowest BCUT2D eigenvalue weighted by Crippen LogP contribution is -2.21. The number of hydrogen-bond acceptors (Lipinski definition) is 1. The molecule has 1 atom stereocenters. The lowest BCUT2D eigenvalue weighted by molar-refractivity contribution is -0.139. The molecule has 0 saturated carbocycles. The van der Waals surface area contributed by atoms with Crippen molar-refractivity contribution >= 4 is 17.6 Å². The van der Waals surface area contributed by atoms with Crippen molar-refractivity contribution in [3.8, 4) is 0 Å². The van der Waals surface area contributed by atoms with Crippen molar-refractivity contribution in [2.24, 2.45) is 0 Å². The van der Waals surface area contributed by atoms with E-state index in [4.69, 9.17) is 5.11 Å². The van der Waals surface area contributed by atoms with Gasteiger partial charge >= 0.3 is 5.97 Å². The van der Waals surface area contributed by atoms with E-state index in [2.05, 4.69) is 11.6 Å². The minimum Gasteiger partial charge on any atom is -0.480 e. The molecule has 0 spiro atoms.